The molecule has 0 aromatic heterocycles. The molecule has 0 amide bonds. The highest BCUT2D eigenvalue weighted by molar-refractivity contribution is 7.39. The molecule has 0 fully saturated rings. The Labute approximate surface area is 129 Å². The van der Waals surface area contributed by atoms with Crippen molar-refractivity contribution < 1.29 is 23.8 Å². The van der Waals surface area contributed by atoms with Crippen LogP contribution in [0.25, 0.3) is 5.53 Å². The summed E-state index contributed by atoms with van der Waals surface area (Å²) in [5.41, 5.74) is 11.1. The van der Waals surface area contributed by atoms with Gasteiger partial charge in [0.1, 0.15) is 12.4 Å². The Morgan fingerprint density at radius 2 is 1.95 bits per heavy atom. The first kappa shape index (κ1) is 16.4. The number of nitrogens with one attached hydrogen (secondary N) is 1. The van der Waals surface area contributed by atoms with Crippen molar-refractivity contribution in [3.05, 3.63) is 53.7 Å². The highest BCUT2D eigenvalue weighted by atomic mass is 31.2. The van der Waals surface area contributed by atoms with Gasteiger partial charge in [-0.05, 0) is 36.4 Å². The number of rotatable bonds is 7. The Balaban J connectivity index is 1.81. The van der Waals surface area contributed by atoms with Gasteiger partial charge in [-0.2, -0.15) is 4.79 Å². The van der Waals surface area contributed by atoms with Crippen LogP contribution in [0, 0.1) is 0 Å². The maximum atomic E-state index is 8.65. The first-order valence-electron chi connectivity index (χ1n) is 6.57. The molecule has 0 spiro atoms. The average Bonchev–Trinajstić information content (AvgIpc) is 2.54. The van der Waals surface area contributed by atoms with Gasteiger partial charge in [0, 0.05) is 17.5 Å². The first-order valence-corrected chi connectivity index (χ1v) is 7.74. The predicted octanol–water partition coefficient (Wildman–Crippen LogP) is 2.22. The minimum Gasteiger partial charge on any atom is -0.491 e. The summed E-state index contributed by atoms with van der Waals surface area (Å²) in [7, 11) is -2.33. The lowest BCUT2D eigenvalue weighted by Crippen LogP contribution is -2.05. The average molecular weight is 321 g/mol. The molecule has 22 heavy (non-hydrogen) atoms. The SMILES string of the molecule is [N-]=[N+]=C1C=CC(Nc2ccc(OCCOP(O)O)cc2)=CC1. The molecule has 0 atom stereocenters. The van der Waals surface area contributed by atoms with Crippen molar-refractivity contribution in [3.63, 3.8) is 0 Å². The molecule has 7 nitrogen and oxygen atoms in total. The second-order valence-corrected chi connectivity index (χ2v) is 5.14. The fraction of sp³-hybridized carbons (Fsp3) is 0.214. The van der Waals surface area contributed by atoms with Gasteiger partial charge in [-0.3, -0.25) is 0 Å². The Hall–Kier alpha value is -2.01. The summed E-state index contributed by atoms with van der Waals surface area (Å²) in [6.07, 6.45) is 6.09. The summed E-state index contributed by atoms with van der Waals surface area (Å²) >= 11 is 0. The summed E-state index contributed by atoms with van der Waals surface area (Å²) in [5, 5.41) is 3.23. The van der Waals surface area contributed by atoms with Gasteiger partial charge in [0.15, 0.2) is 0 Å². The van der Waals surface area contributed by atoms with E-state index in [1.807, 2.05) is 24.3 Å². The highest BCUT2D eigenvalue weighted by Gasteiger charge is 2.08. The minimum absolute atomic E-state index is 0.116. The van der Waals surface area contributed by atoms with Crippen molar-refractivity contribution in [1.29, 1.82) is 0 Å². The van der Waals surface area contributed by atoms with Crippen molar-refractivity contribution in [2.45, 2.75) is 6.42 Å². The van der Waals surface area contributed by atoms with Crippen molar-refractivity contribution in [3.8, 4) is 5.75 Å². The van der Waals surface area contributed by atoms with Gasteiger partial charge in [-0.25, -0.2) is 0 Å². The van der Waals surface area contributed by atoms with E-state index in [1.54, 1.807) is 18.2 Å². The zero-order valence-electron chi connectivity index (χ0n) is 11.7. The molecule has 0 radical (unpaired) electrons. The number of benzene rings is 1. The Morgan fingerprint density at radius 3 is 2.55 bits per heavy atom. The van der Waals surface area contributed by atoms with Crippen LogP contribution in [0.5, 0.6) is 5.75 Å². The van der Waals surface area contributed by atoms with E-state index < -0.39 is 8.60 Å². The molecular formula is C14H16N3O4P. The van der Waals surface area contributed by atoms with Gasteiger partial charge in [-0.15, -0.1) is 0 Å². The topological polar surface area (TPSA) is 107 Å². The van der Waals surface area contributed by atoms with Gasteiger partial charge >= 0.3 is 8.60 Å². The molecule has 0 heterocycles. The number of allylic oxidation sites excluding steroid dienone is 3. The number of ether oxygens (including phenoxy) is 1. The molecule has 0 saturated carbocycles. The standard InChI is InChI=1S/C14H16N3O4P/c15-17-13-3-1-11(2-4-13)16-12-5-7-14(8-6-12)20-9-10-21-22(18)19/h1-3,5-8,16,18-19H,4,9-10H2. The highest BCUT2D eigenvalue weighted by Crippen LogP contribution is 2.24. The van der Waals surface area contributed by atoms with Crippen molar-refractivity contribution in [2.24, 2.45) is 0 Å². The molecule has 116 valence electrons. The smallest absolute Gasteiger partial charge is 0.327 e. The molecule has 0 aliphatic heterocycles. The molecule has 8 heteroatoms. The Bertz CT molecular complexity index is 607. The van der Waals surface area contributed by atoms with Crippen LogP contribution in [-0.2, 0) is 4.52 Å². The van der Waals surface area contributed by atoms with Crippen LogP contribution in [0.4, 0.5) is 5.69 Å². The number of nitrogens with zero attached hydrogens (tertiary/aromatic N) is 2. The minimum atomic E-state index is -2.33. The van der Waals surface area contributed by atoms with E-state index in [-0.39, 0.29) is 13.2 Å². The summed E-state index contributed by atoms with van der Waals surface area (Å²) in [6.45, 7) is 0.356. The van der Waals surface area contributed by atoms with Gasteiger partial charge in [0.05, 0.1) is 13.0 Å². The van der Waals surface area contributed by atoms with Gasteiger partial charge < -0.3 is 29.9 Å². The maximum absolute atomic E-state index is 8.65. The third-order valence-electron chi connectivity index (χ3n) is 2.82. The monoisotopic (exact) mass is 321 g/mol. The van der Waals surface area contributed by atoms with Crippen molar-refractivity contribution in [2.75, 3.05) is 18.5 Å². The predicted molar refractivity (Wildman–Crippen MR) is 83.3 cm³/mol. The third kappa shape index (κ3) is 5.41. The van der Waals surface area contributed by atoms with Crippen LogP contribution in [-0.4, -0.2) is 33.5 Å². The van der Waals surface area contributed by atoms with Gasteiger partial charge in [0.25, 0.3) is 5.71 Å². The quantitative estimate of drug-likeness (QED) is 0.309. The van der Waals surface area contributed by atoms with Crippen LogP contribution < -0.4 is 10.1 Å². The fourth-order valence-electron chi connectivity index (χ4n) is 1.78. The molecule has 1 aromatic carbocycles. The number of hydrogen-bond acceptors (Lipinski definition) is 5. The zero-order valence-corrected chi connectivity index (χ0v) is 12.6. The Kier molecular flexibility index (Phi) is 6.27. The molecule has 3 N–H and O–H groups in total. The normalized spacial score (nSPS) is 13.8. The molecule has 2 rings (SSSR count). The second kappa shape index (κ2) is 8.44. The summed E-state index contributed by atoms with van der Waals surface area (Å²) < 4.78 is 10.00. The maximum Gasteiger partial charge on any atom is 0.327 e. The summed E-state index contributed by atoms with van der Waals surface area (Å²) in [4.78, 5) is 20.3. The van der Waals surface area contributed by atoms with E-state index in [0.29, 0.717) is 17.9 Å². The molecule has 0 bridgehead atoms. The molecule has 1 aliphatic carbocycles. The Morgan fingerprint density at radius 1 is 1.18 bits per heavy atom. The molecule has 0 saturated heterocycles. The van der Waals surface area contributed by atoms with Crippen LogP contribution in [0.3, 0.4) is 0 Å². The zero-order chi connectivity index (χ0) is 15.8. The van der Waals surface area contributed by atoms with Gasteiger partial charge in [-0.1, -0.05) is 0 Å². The number of anilines is 1. The molecule has 1 aliphatic rings. The third-order valence-corrected chi connectivity index (χ3v) is 3.23. The second-order valence-electron chi connectivity index (χ2n) is 4.37. The fourth-order valence-corrected chi connectivity index (χ4v) is 2.02. The molecular weight excluding hydrogens is 305 g/mol. The largest absolute Gasteiger partial charge is 0.491 e. The van der Waals surface area contributed by atoms with Crippen LogP contribution in [0.15, 0.2) is 48.2 Å². The van der Waals surface area contributed by atoms with Gasteiger partial charge in [0.2, 0.25) is 0 Å². The van der Waals surface area contributed by atoms with E-state index in [9.17, 15) is 0 Å². The van der Waals surface area contributed by atoms with Crippen LogP contribution in [0.2, 0.25) is 0 Å². The lowest BCUT2D eigenvalue weighted by molar-refractivity contribution is -0.00540. The van der Waals surface area contributed by atoms with E-state index in [2.05, 4.69) is 14.6 Å². The lowest BCUT2D eigenvalue weighted by atomic mass is 10.1. The summed E-state index contributed by atoms with van der Waals surface area (Å²) in [6, 6.07) is 7.34. The van der Waals surface area contributed by atoms with Crippen molar-refractivity contribution in [1.82, 2.24) is 0 Å². The van der Waals surface area contributed by atoms with E-state index in [4.69, 9.17) is 20.1 Å². The first-order chi connectivity index (χ1) is 10.7. The van der Waals surface area contributed by atoms with E-state index >= 15 is 0 Å². The van der Waals surface area contributed by atoms with Crippen LogP contribution in [0.1, 0.15) is 6.42 Å². The summed E-state index contributed by atoms with van der Waals surface area (Å²) in [5.74, 6) is 0.664. The van der Waals surface area contributed by atoms with E-state index in [0.717, 1.165) is 11.4 Å². The number of hydrogen-bond donors (Lipinski definition) is 3. The van der Waals surface area contributed by atoms with E-state index in [1.165, 1.54) is 0 Å². The molecule has 1 aromatic rings. The van der Waals surface area contributed by atoms with Crippen LogP contribution >= 0.6 is 8.60 Å². The van der Waals surface area contributed by atoms with Crippen molar-refractivity contribution >= 4 is 20.0 Å². The lowest BCUT2D eigenvalue weighted by Gasteiger charge is -2.11. The molecule has 0 unspecified atom stereocenters.